The van der Waals surface area contributed by atoms with Crippen molar-refractivity contribution in [2.45, 2.75) is 46.2 Å². The average Bonchev–Trinajstić information content (AvgIpc) is 3.00. The van der Waals surface area contributed by atoms with Gasteiger partial charge in [-0.3, -0.25) is 0 Å². The number of imidazole rings is 1. The van der Waals surface area contributed by atoms with Crippen LogP contribution in [0, 0.1) is 0 Å². The molecular weight excluding hydrogens is 242 g/mol. The zero-order valence-corrected chi connectivity index (χ0v) is 11.8. The maximum Gasteiger partial charge on any atom is 0.229 e. The molecule has 0 bridgehead atoms. The Morgan fingerprint density at radius 2 is 2.26 bits per heavy atom. The molecule has 2 aromatic heterocycles. The zero-order chi connectivity index (χ0) is 13.7. The van der Waals surface area contributed by atoms with Gasteiger partial charge in [-0.25, -0.2) is 4.98 Å². The Balaban J connectivity index is 2.00. The SMILES string of the molecule is CCCNCc1nccn1Cc1noc(C(C)C)n1. The third-order valence-corrected chi connectivity index (χ3v) is 2.80. The van der Waals surface area contributed by atoms with Crippen LogP contribution in [-0.2, 0) is 13.1 Å². The van der Waals surface area contributed by atoms with E-state index in [0.717, 1.165) is 25.3 Å². The normalized spacial score (nSPS) is 11.4. The van der Waals surface area contributed by atoms with E-state index in [9.17, 15) is 0 Å². The molecule has 0 saturated heterocycles. The van der Waals surface area contributed by atoms with Crippen molar-refractivity contribution < 1.29 is 4.52 Å². The summed E-state index contributed by atoms with van der Waals surface area (Å²) in [5.74, 6) is 2.62. The highest BCUT2D eigenvalue weighted by atomic mass is 16.5. The van der Waals surface area contributed by atoms with Crippen LogP contribution in [0.15, 0.2) is 16.9 Å². The minimum atomic E-state index is 0.259. The standard InChI is InChI=1S/C13H21N5O/c1-4-5-14-8-12-15-6-7-18(12)9-11-16-13(10(2)3)19-17-11/h6-7,10,14H,4-5,8-9H2,1-3H3. The summed E-state index contributed by atoms with van der Waals surface area (Å²) < 4.78 is 7.24. The van der Waals surface area contributed by atoms with Crippen molar-refractivity contribution in [3.05, 3.63) is 29.9 Å². The van der Waals surface area contributed by atoms with Gasteiger partial charge in [0.2, 0.25) is 5.89 Å². The largest absolute Gasteiger partial charge is 0.339 e. The van der Waals surface area contributed by atoms with Crippen LogP contribution in [0.3, 0.4) is 0 Å². The van der Waals surface area contributed by atoms with E-state index in [4.69, 9.17) is 4.52 Å². The fourth-order valence-electron chi connectivity index (χ4n) is 1.75. The maximum atomic E-state index is 5.20. The number of hydrogen-bond donors (Lipinski definition) is 1. The van der Waals surface area contributed by atoms with E-state index < -0.39 is 0 Å². The maximum absolute atomic E-state index is 5.20. The monoisotopic (exact) mass is 263 g/mol. The first-order valence-electron chi connectivity index (χ1n) is 6.74. The van der Waals surface area contributed by atoms with Crippen LogP contribution in [0.25, 0.3) is 0 Å². The molecule has 0 aliphatic heterocycles. The van der Waals surface area contributed by atoms with Crippen LogP contribution in [0.4, 0.5) is 0 Å². The molecule has 0 atom stereocenters. The van der Waals surface area contributed by atoms with Gasteiger partial charge in [-0.05, 0) is 13.0 Å². The minimum absolute atomic E-state index is 0.259. The number of rotatable bonds is 7. The molecule has 0 aromatic carbocycles. The Kier molecular flexibility index (Phi) is 4.68. The molecule has 0 amide bonds. The number of nitrogens with zero attached hydrogens (tertiary/aromatic N) is 4. The van der Waals surface area contributed by atoms with Crippen LogP contribution in [0.1, 0.15) is 50.6 Å². The Labute approximate surface area is 113 Å². The van der Waals surface area contributed by atoms with E-state index in [1.165, 1.54) is 0 Å². The van der Waals surface area contributed by atoms with Gasteiger partial charge in [0.15, 0.2) is 5.82 Å². The summed E-state index contributed by atoms with van der Waals surface area (Å²) in [5, 5.41) is 7.33. The summed E-state index contributed by atoms with van der Waals surface area (Å²) >= 11 is 0. The van der Waals surface area contributed by atoms with Crippen LogP contribution in [0.2, 0.25) is 0 Å². The second-order valence-electron chi connectivity index (χ2n) is 4.85. The molecule has 19 heavy (non-hydrogen) atoms. The highest BCUT2D eigenvalue weighted by Gasteiger charge is 2.11. The fraction of sp³-hybridized carbons (Fsp3) is 0.615. The van der Waals surface area contributed by atoms with E-state index in [0.29, 0.717) is 18.3 Å². The summed E-state index contributed by atoms with van der Waals surface area (Å²) in [6.07, 6.45) is 4.85. The first-order valence-corrected chi connectivity index (χ1v) is 6.74. The van der Waals surface area contributed by atoms with Crippen LogP contribution < -0.4 is 5.32 Å². The molecule has 0 radical (unpaired) electrons. The zero-order valence-electron chi connectivity index (χ0n) is 11.8. The highest BCUT2D eigenvalue weighted by Crippen LogP contribution is 2.11. The second-order valence-corrected chi connectivity index (χ2v) is 4.85. The summed E-state index contributed by atoms with van der Waals surface area (Å²) in [6.45, 7) is 8.57. The molecule has 0 spiro atoms. The van der Waals surface area contributed by atoms with E-state index >= 15 is 0 Å². The summed E-state index contributed by atoms with van der Waals surface area (Å²) in [4.78, 5) is 8.72. The van der Waals surface area contributed by atoms with Gasteiger partial charge >= 0.3 is 0 Å². The van der Waals surface area contributed by atoms with Gasteiger partial charge in [0.1, 0.15) is 5.82 Å². The first kappa shape index (κ1) is 13.7. The minimum Gasteiger partial charge on any atom is -0.339 e. The topological polar surface area (TPSA) is 68.8 Å². The lowest BCUT2D eigenvalue weighted by molar-refractivity contribution is 0.359. The molecule has 2 rings (SSSR count). The first-order chi connectivity index (χ1) is 9.20. The van der Waals surface area contributed by atoms with Crippen LogP contribution in [-0.4, -0.2) is 26.2 Å². The molecule has 6 nitrogen and oxygen atoms in total. The van der Waals surface area contributed by atoms with Gasteiger partial charge in [0.25, 0.3) is 0 Å². The number of aromatic nitrogens is 4. The van der Waals surface area contributed by atoms with Crippen LogP contribution in [0.5, 0.6) is 0 Å². The molecule has 2 heterocycles. The Bertz CT molecular complexity index is 503. The molecule has 0 fully saturated rings. The van der Waals surface area contributed by atoms with Crippen molar-refractivity contribution in [1.29, 1.82) is 0 Å². The van der Waals surface area contributed by atoms with Crippen molar-refractivity contribution in [2.75, 3.05) is 6.54 Å². The quantitative estimate of drug-likeness (QED) is 0.773. The number of hydrogen-bond acceptors (Lipinski definition) is 5. The van der Waals surface area contributed by atoms with Gasteiger partial charge in [0, 0.05) is 18.3 Å². The van der Waals surface area contributed by atoms with Gasteiger partial charge in [-0.15, -0.1) is 0 Å². The van der Waals surface area contributed by atoms with Crippen molar-refractivity contribution >= 4 is 0 Å². The molecule has 1 N–H and O–H groups in total. The summed E-state index contributed by atoms with van der Waals surface area (Å²) in [5.41, 5.74) is 0. The molecule has 104 valence electrons. The lowest BCUT2D eigenvalue weighted by Crippen LogP contribution is -2.18. The third-order valence-electron chi connectivity index (χ3n) is 2.80. The molecule has 0 aliphatic rings. The highest BCUT2D eigenvalue weighted by molar-refractivity contribution is 4.98. The van der Waals surface area contributed by atoms with Gasteiger partial charge < -0.3 is 14.4 Å². The Hall–Kier alpha value is -1.69. The average molecular weight is 263 g/mol. The van der Waals surface area contributed by atoms with E-state index in [1.807, 2.05) is 24.6 Å². The van der Waals surface area contributed by atoms with E-state index in [2.05, 4.69) is 27.4 Å². The molecule has 6 heteroatoms. The lowest BCUT2D eigenvalue weighted by Gasteiger charge is -2.05. The van der Waals surface area contributed by atoms with Gasteiger partial charge in [-0.1, -0.05) is 25.9 Å². The summed E-state index contributed by atoms with van der Waals surface area (Å²) in [6, 6.07) is 0. The molecular formula is C13H21N5O. The lowest BCUT2D eigenvalue weighted by atomic mass is 10.2. The van der Waals surface area contributed by atoms with Crippen molar-refractivity contribution in [1.82, 2.24) is 25.0 Å². The van der Waals surface area contributed by atoms with E-state index in [1.54, 1.807) is 6.20 Å². The second kappa shape index (κ2) is 6.47. The van der Waals surface area contributed by atoms with E-state index in [-0.39, 0.29) is 5.92 Å². The van der Waals surface area contributed by atoms with Crippen molar-refractivity contribution in [3.63, 3.8) is 0 Å². The predicted octanol–water partition coefficient (Wildman–Crippen LogP) is 1.94. The van der Waals surface area contributed by atoms with Crippen molar-refractivity contribution in [3.8, 4) is 0 Å². The Morgan fingerprint density at radius 3 is 2.95 bits per heavy atom. The molecule has 0 aliphatic carbocycles. The van der Waals surface area contributed by atoms with Gasteiger partial charge in [-0.2, -0.15) is 4.98 Å². The van der Waals surface area contributed by atoms with Crippen LogP contribution >= 0.6 is 0 Å². The fourth-order valence-corrected chi connectivity index (χ4v) is 1.75. The third kappa shape index (κ3) is 3.64. The smallest absolute Gasteiger partial charge is 0.229 e. The van der Waals surface area contributed by atoms with Crippen molar-refractivity contribution in [2.24, 2.45) is 0 Å². The van der Waals surface area contributed by atoms with Gasteiger partial charge in [0.05, 0.1) is 13.1 Å². The predicted molar refractivity (Wildman–Crippen MR) is 71.7 cm³/mol. The Morgan fingerprint density at radius 1 is 1.42 bits per heavy atom. The molecule has 0 unspecified atom stereocenters. The summed E-state index contributed by atoms with van der Waals surface area (Å²) in [7, 11) is 0. The molecule has 2 aromatic rings. The number of nitrogens with one attached hydrogen (secondary N) is 1. The molecule has 0 saturated carbocycles.